The first-order valence-corrected chi connectivity index (χ1v) is 6.77. The van der Waals surface area contributed by atoms with Crippen LogP contribution in [0.5, 0.6) is 5.75 Å². The van der Waals surface area contributed by atoms with Gasteiger partial charge in [-0.1, -0.05) is 17.7 Å². The first-order valence-electron chi connectivity index (χ1n) is 4.78. The number of ether oxygens (including phenoxy) is 1. The molecule has 0 amide bonds. The Hall–Kier alpha value is -0.510. The molecule has 0 N–H and O–H groups in total. The Morgan fingerprint density at radius 1 is 1.31 bits per heavy atom. The Morgan fingerprint density at radius 3 is 2.75 bits per heavy atom. The molecule has 0 spiro atoms. The minimum absolute atomic E-state index is 0.555. The van der Waals surface area contributed by atoms with Gasteiger partial charge in [0, 0.05) is 4.88 Å². The second-order valence-electron chi connectivity index (χ2n) is 3.43. The number of hydrogen-bond acceptors (Lipinski definition) is 2. The molecule has 0 saturated carbocycles. The van der Waals surface area contributed by atoms with Gasteiger partial charge in [-0.15, -0.1) is 11.3 Å². The molecular weight excluding hydrogens is 308 g/mol. The summed E-state index contributed by atoms with van der Waals surface area (Å²) < 4.78 is 6.76. The Kier molecular flexibility index (Phi) is 3.90. The van der Waals surface area contributed by atoms with E-state index < -0.39 is 0 Å². The molecule has 1 aromatic heterocycles. The van der Waals surface area contributed by atoms with Gasteiger partial charge in [-0.05, 0) is 52.7 Å². The van der Waals surface area contributed by atoms with Crippen LogP contribution in [-0.2, 0) is 6.61 Å². The lowest BCUT2D eigenvalue weighted by Gasteiger charge is -2.07. The van der Waals surface area contributed by atoms with Gasteiger partial charge in [0.2, 0.25) is 0 Å². The van der Waals surface area contributed by atoms with E-state index in [-0.39, 0.29) is 0 Å². The number of rotatable bonds is 3. The molecule has 1 aromatic carbocycles. The second-order valence-corrected chi connectivity index (χ2v) is 6.38. The number of halogens is 2. The van der Waals surface area contributed by atoms with Crippen molar-refractivity contribution in [2.45, 2.75) is 13.5 Å². The number of hydrogen-bond donors (Lipinski definition) is 0. The van der Waals surface area contributed by atoms with Gasteiger partial charge in [-0.25, -0.2) is 0 Å². The predicted octanol–water partition coefficient (Wildman–Crippen LogP) is 5.05. The summed E-state index contributed by atoms with van der Waals surface area (Å²) in [6, 6.07) is 9.85. The number of aryl methyl sites for hydroxylation is 1. The van der Waals surface area contributed by atoms with Crippen LogP contribution in [0.1, 0.15) is 10.4 Å². The fourth-order valence-corrected chi connectivity index (χ4v) is 2.99. The van der Waals surface area contributed by atoms with Crippen LogP contribution in [0.4, 0.5) is 0 Å². The van der Waals surface area contributed by atoms with E-state index in [1.54, 1.807) is 11.3 Å². The number of benzene rings is 1. The van der Waals surface area contributed by atoms with Crippen molar-refractivity contribution in [2.75, 3.05) is 0 Å². The molecule has 0 aliphatic carbocycles. The van der Waals surface area contributed by atoms with Gasteiger partial charge < -0.3 is 4.74 Å². The summed E-state index contributed by atoms with van der Waals surface area (Å²) >= 11 is 11.2. The maximum Gasteiger partial charge on any atom is 0.138 e. The zero-order valence-electron chi connectivity index (χ0n) is 8.67. The predicted molar refractivity (Wildman–Crippen MR) is 72.5 cm³/mol. The van der Waals surface area contributed by atoms with Crippen molar-refractivity contribution in [3.05, 3.63) is 49.6 Å². The van der Waals surface area contributed by atoms with Crippen molar-refractivity contribution in [3.63, 3.8) is 0 Å². The van der Waals surface area contributed by atoms with Crippen LogP contribution in [0.2, 0.25) is 5.02 Å². The van der Waals surface area contributed by atoms with E-state index in [2.05, 4.69) is 15.9 Å². The molecule has 2 aromatic rings. The zero-order valence-corrected chi connectivity index (χ0v) is 11.8. The van der Waals surface area contributed by atoms with E-state index in [9.17, 15) is 0 Å². The average molecular weight is 318 g/mol. The van der Waals surface area contributed by atoms with Crippen LogP contribution in [0, 0.1) is 6.92 Å². The normalized spacial score (nSPS) is 10.4. The summed E-state index contributed by atoms with van der Waals surface area (Å²) in [5, 5.41) is 0.663. The molecule has 0 aliphatic heterocycles. The summed E-state index contributed by atoms with van der Waals surface area (Å²) in [5.41, 5.74) is 1.14. The molecule has 0 aliphatic rings. The van der Waals surface area contributed by atoms with Crippen molar-refractivity contribution in [3.8, 4) is 5.75 Å². The second kappa shape index (κ2) is 5.21. The molecular formula is C12H10BrClOS. The highest BCUT2D eigenvalue weighted by Crippen LogP contribution is 2.28. The smallest absolute Gasteiger partial charge is 0.138 e. The van der Waals surface area contributed by atoms with Gasteiger partial charge in [-0.2, -0.15) is 0 Å². The number of thiophene rings is 1. The van der Waals surface area contributed by atoms with E-state index in [1.807, 2.05) is 37.3 Å². The molecule has 16 heavy (non-hydrogen) atoms. The quantitative estimate of drug-likeness (QED) is 0.769. The minimum Gasteiger partial charge on any atom is -0.487 e. The summed E-state index contributed by atoms with van der Waals surface area (Å²) in [4.78, 5) is 1.17. The van der Waals surface area contributed by atoms with E-state index in [0.29, 0.717) is 11.6 Å². The van der Waals surface area contributed by atoms with E-state index >= 15 is 0 Å². The molecule has 2 rings (SSSR count). The van der Waals surface area contributed by atoms with E-state index in [4.69, 9.17) is 16.3 Å². The largest absolute Gasteiger partial charge is 0.487 e. The maximum atomic E-state index is 6.07. The van der Waals surface area contributed by atoms with Crippen molar-refractivity contribution in [1.29, 1.82) is 0 Å². The van der Waals surface area contributed by atoms with Gasteiger partial charge in [0.15, 0.2) is 0 Å². The molecule has 1 nitrogen and oxygen atoms in total. The summed E-state index contributed by atoms with van der Waals surface area (Å²) in [6.45, 7) is 2.56. The van der Waals surface area contributed by atoms with Gasteiger partial charge in [0.05, 0.1) is 8.81 Å². The Bertz CT molecular complexity index is 496. The Morgan fingerprint density at radius 2 is 2.12 bits per heavy atom. The first-order chi connectivity index (χ1) is 7.65. The van der Waals surface area contributed by atoms with E-state index in [1.165, 1.54) is 4.88 Å². The third-order valence-corrected chi connectivity index (χ3v) is 3.98. The Balaban J connectivity index is 2.04. The van der Waals surface area contributed by atoms with E-state index in [0.717, 1.165) is 15.1 Å². The highest BCUT2D eigenvalue weighted by Gasteiger charge is 2.03. The SMILES string of the molecule is Cc1ccc(OCc2ccc(Br)s2)c(Cl)c1. The Labute approximate surface area is 112 Å². The maximum absolute atomic E-state index is 6.07. The average Bonchev–Trinajstić information content (AvgIpc) is 2.63. The van der Waals surface area contributed by atoms with Crippen molar-refractivity contribution in [1.82, 2.24) is 0 Å². The van der Waals surface area contributed by atoms with Crippen LogP contribution in [0.15, 0.2) is 34.1 Å². The van der Waals surface area contributed by atoms with Crippen LogP contribution >= 0.6 is 38.9 Å². The highest BCUT2D eigenvalue weighted by atomic mass is 79.9. The van der Waals surface area contributed by atoms with Gasteiger partial charge in [-0.3, -0.25) is 0 Å². The fraction of sp³-hybridized carbons (Fsp3) is 0.167. The minimum atomic E-state index is 0.555. The zero-order chi connectivity index (χ0) is 11.5. The van der Waals surface area contributed by atoms with Crippen LogP contribution in [0.3, 0.4) is 0 Å². The molecule has 4 heteroatoms. The molecule has 0 atom stereocenters. The van der Waals surface area contributed by atoms with Gasteiger partial charge in [0.25, 0.3) is 0 Å². The fourth-order valence-electron chi connectivity index (χ4n) is 1.30. The van der Waals surface area contributed by atoms with Gasteiger partial charge >= 0.3 is 0 Å². The summed E-state index contributed by atoms with van der Waals surface area (Å²) in [6.07, 6.45) is 0. The standard InChI is InChI=1S/C12H10BrClOS/c1-8-2-4-11(10(14)6-8)15-7-9-3-5-12(13)16-9/h2-6H,7H2,1H3. The van der Waals surface area contributed by atoms with Crippen molar-refractivity contribution >= 4 is 38.9 Å². The van der Waals surface area contributed by atoms with Gasteiger partial charge in [0.1, 0.15) is 12.4 Å². The van der Waals surface area contributed by atoms with Crippen molar-refractivity contribution < 1.29 is 4.74 Å². The lowest BCUT2D eigenvalue weighted by molar-refractivity contribution is 0.310. The summed E-state index contributed by atoms with van der Waals surface area (Å²) in [5.74, 6) is 0.733. The monoisotopic (exact) mass is 316 g/mol. The lowest BCUT2D eigenvalue weighted by Crippen LogP contribution is -1.93. The molecule has 84 valence electrons. The topological polar surface area (TPSA) is 9.23 Å². The lowest BCUT2D eigenvalue weighted by atomic mass is 10.2. The summed E-state index contributed by atoms with van der Waals surface area (Å²) in [7, 11) is 0. The molecule has 0 unspecified atom stereocenters. The van der Waals surface area contributed by atoms with Crippen LogP contribution in [-0.4, -0.2) is 0 Å². The molecule has 0 bridgehead atoms. The third kappa shape index (κ3) is 3.00. The molecule has 0 saturated heterocycles. The van der Waals surface area contributed by atoms with Crippen LogP contribution < -0.4 is 4.74 Å². The molecule has 0 fully saturated rings. The third-order valence-electron chi connectivity index (χ3n) is 2.09. The molecule has 0 radical (unpaired) electrons. The van der Waals surface area contributed by atoms with Crippen LogP contribution in [0.25, 0.3) is 0 Å². The highest BCUT2D eigenvalue weighted by molar-refractivity contribution is 9.11. The first kappa shape index (κ1) is 12.0. The van der Waals surface area contributed by atoms with Crippen molar-refractivity contribution in [2.24, 2.45) is 0 Å². The molecule has 1 heterocycles.